The second-order valence-electron chi connectivity index (χ2n) is 5.66. The van der Waals surface area contributed by atoms with Gasteiger partial charge in [0.2, 0.25) is 11.8 Å². The Bertz CT molecular complexity index is 556. The predicted molar refractivity (Wildman–Crippen MR) is 84.2 cm³/mol. The molecule has 1 heterocycles. The van der Waals surface area contributed by atoms with Crippen LogP contribution in [0.4, 0.5) is 11.4 Å². The molecule has 0 radical (unpaired) electrons. The zero-order valence-corrected chi connectivity index (χ0v) is 12.8. The van der Waals surface area contributed by atoms with Crippen molar-refractivity contribution in [2.75, 3.05) is 16.8 Å². The van der Waals surface area contributed by atoms with E-state index >= 15 is 0 Å². The van der Waals surface area contributed by atoms with Gasteiger partial charge in [-0.15, -0.1) is 0 Å². The number of rotatable bonds is 4. The molecule has 1 aromatic carbocycles. The van der Waals surface area contributed by atoms with Crippen molar-refractivity contribution in [3.63, 3.8) is 0 Å². The second kappa shape index (κ2) is 6.26. The van der Waals surface area contributed by atoms with Gasteiger partial charge in [0.05, 0.1) is 6.04 Å². The first-order chi connectivity index (χ1) is 9.93. The minimum absolute atomic E-state index is 0.0457. The third-order valence-corrected chi connectivity index (χ3v) is 4.18. The second-order valence-corrected chi connectivity index (χ2v) is 5.66. The molecule has 0 fully saturated rings. The molecule has 5 heteroatoms. The van der Waals surface area contributed by atoms with Crippen molar-refractivity contribution < 1.29 is 9.59 Å². The van der Waals surface area contributed by atoms with Crippen molar-refractivity contribution in [3.05, 3.63) is 23.8 Å². The summed E-state index contributed by atoms with van der Waals surface area (Å²) in [6.45, 7) is 6.26. The first-order valence-corrected chi connectivity index (χ1v) is 7.41. The Morgan fingerprint density at radius 2 is 2.14 bits per heavy atom. The van der Waals surface area contributed by atoms with E-state index in [0.29, 0.717) is 6.54 Å². The Balaban J connectivity index is 2.10. The van der Waals surface area contributed by atoms with E-state index in [4.69, 9.17) is 5.73 Å². The number of carbonyl (C=O) groups excluding carboxylic acids is 2. The fraction of sp³-hybridized carbons (Fsp3) is 0.500. The zero-order chi connectivity index (χ0) is 15.6. The van der Waals surface area contributed by atoms with Crippen LogP contribution in [0.15, 0.2) is 18.2 Å². The highest BCUT2D eigenvalue weighted by Crippen LogP contribution is 2.30. The predicted octanol–water partition coefficient (Wildman–Crippen LogP) is 1.91. The average molecular weight is 289 g/mol. The molecule has 2 unspecified atom stereocenters. The third-order valence-electron chi connectivity index (χ3n) is 4.18. The Morgan fingerprint density at radius 1 is 1.43 bits per heavy atom. The Hall–Kier alpha value is -1.88. The average Bonchev–Trinajstić information content (AvgIpc) is 2.88. The number of nitrogens with two attached hydrogens (primary N) is 1. The van der Waals surface area contributed by atoms with Crippen LogP contribution in [0.5, 0.6) is 0 Å². The fourth-order valence-electron chi connectivity index (χ4n) is 2.54. The molecule has 2 atom stereocenters. The molecule has 0 spiro atoms. The monoisotopic (exact) mass is 289 g/mol. The normalized spacial score (nSPS) is 16.3. The largest absolute Gasteiger partial charge is 0.325 e. The fourth-order valence-corrected chi connectivity index (χ4v) is 2.54. The Morgan fingerprint density at radius 3 is 2.76 bits per heavy atom. The number of hydrogen-bond donors (Lipinski definition) is 2. The van der Waals surface area contributed by atoms with E-state index in [2.05, 4.69) is 5.32 Å². The summed E-state index contributed by atoms with van der Waals surface area (Å²) in [5.74, 6) is 0.0303. The lowest BCUT2D eigenvalue weighted by molar-refractivity contribution is -0.118. The lowest BCUT2D eigenvalue weighted by atomic mass is 9.99. The SMILES string of the molecule is CCC(C)C(N)C(=O)Nc1ccc2c(c1)CCN2C(C)=O. The van der Waals surface area contributed by atoms with Gasteiger partial charge in [0.25, 0.3) is 0 Å². The van der Waals surface area contributed by atoms with Gasteiger partial charge in [0, 0.05) is 24.8 Å². The minimum atomic E-state index is -0.503. The molecule has 0 saturated heterocycles. The lowest BCUT2D eigenvalue weighted by Gasteiger charge is -2.18. The van der Waals surface area contributed by atoms with Crippen LogP contribution >= 0.6 is 0 Å². The maximum absolute atomic E-state index is 12.1. The highest BCUT2D eigenvalue weighted by atomic mass is 16.2. The number of anilines is 2. The molecule has 3 N–H and O–H groups in total. The summed E-state index contributed by atoms with van der Waals surface area (Å²) in [4.78, 5) is 25.3. The van der Waals surface area contributed by atoms with Crippen LogP contribution in [-0.4, -0.2) is 24.4 Å². The number of hydrogen-bond acceptors (Lipinski definition) is 3. The van der Waals surface area contributed by atoms with Crippen LogP contribution < -0.4 is 16.0 Å². The van der Waals surface area contributed by atoms with Crippen LogP contribution in [0, 0.1) is 5.92 Å². The summed E-state index contributed by atoms with van der Waals surface area (Å²) in [5, 5.41) is 2.86. The maximum atomic E-state index is 12.1. The highest BCUT2D eigenvalue weighted by Gasteiger charge is 2.23. The van der Waals surface area contributed by atoms with Gasteiger partial charge in [0.15, 0.2) is 0 Å². The minimum Gasteiger partial charge on any atom is -0.325 e. The summed E-state index contributed by atoms with van der Waals surface area (Å²) in [5.41, 5.74) is 8.69. The molecular formula is C16H23N3O2. The van der Waals surface area contributed by atoms with Crippen LogP contribution in [0.25, 0.3) is 0 Å². The van der Waals surface area contributed by atoms with E-state index in [9.17, 15) is 9.59 Å². The van der Waals surface area contributed by atoms with Gasteiger partial charge in [-0.25, -0.2) is 0 Å². The molecule has 0 bridgehead atoms. The Labute approximate surface area is 125 Å². The molecule has 21 heavy (non-hydrogen) atoms. The summed E-state index contributed by atoms with van der Waals surface area (Å²) >= 11 is 0. The number of amides is 2. The quantitative estimate of drug-likeness (QED) is 0.889. The van der Waals surface area contributed by atoms with Crippen molar-refractivity contribution >= 4 is 23.2 Å². The zero-order valence-electron chi connectivity index (χ0n) is 12.8. The van der Waals surface area contributed by atoms with Crippen molar-refractivity contribution in [1.29, 1.82) is 0 Å². The standard InChI is InChI=1S/C16H23N3O2/c1-4-10(2)15(17)16(21)18-13-5-6-14-12(9-13)7-8-19(14)11(3)20/h5-6,9-10,15H,4,7-8,17H2,1-3H3,(H,18,21). The molecule has 1 aromatic rings. The first kappa shape index (κ1) is 15.5. The molecule has 1 aliphatic heterocycles. The van der Waals surface area contributed by atoms with Crippen molar-refractivity contribution in [1.82, 2.24) is 0 Å². The molecular weight excluding hydrogens is 266 g/mol. The Kier molecular flexibility index (Phi) is 4.63. The van der Waals surface area contributed by atoms with E-state index in [1.54, 1.807) is 11.8 Å². The number of benzene rings is 1. The van der Waals surface area contributed by atoms with Crippen LogP contribution in [0.1, 0.15) is 32.8 Å². The summed E-state index contributed by atoms with van der Waals surface area (Å²) in [6, 6.07) is 5.13. The first-order valence-electron chi connectivity index (χ1n) is 7.41. The molecule has 2 rings (SSSR count). The van der Waals surface area contributed by atoms with Crippen molar-refractivity contribution in [3.8, 4) is 0 Å². The number of fused-ring (bicyclic) bond motifs is 1. The molecule has 2 amide bonds. The van der Waals surface area contributed by atoms with E-state index in [-0.39, 0.29) is 17.7 Å². The molecule has 0 saturated carbocycles. The van der Waals surface area contributed by atoms with Crippen LogP contribution in [0.3, 0.4) is 0 Å². The molecule has 0 aliphatic carbocycles. The van der Waals surface area contributed by atoms with Crippen molar-refractivity contribution in [2.45, 2.75) is 39.7 Å². The summed E-state index contributed by atoms with van der Waals surface area (Å²) in [7, 11) is 0. The van der Waals surface area contributed by atoms with Gasteiger partial charge in [-0.1, -0.05) is 20.3 Å². The lowest BCUT2D eigenvalue weighted by Crippen LogP contribution is -2.40. The molecule has 114 valence electrons. The van der Waals surface area contributed by atoms with E-state index in [0.717, 1.165) is 29.8 Å². The van der Waals surface area contributed by atoms with Crippen molar-refractivity contribution in [2.24, 2.45) is 11.7 Å². The van der Waals surface area contributed by atoms with Gasteiger partial charge >= 0.3 is 0 Å². The van der Waals surface area contributed by atoms with Gasteiger partial charge in [-0.2, -0.15) is 0 Å². The van der Waals surface area contributed by atoms with E-state index in [1.165, 1.54) is 0 Å². The highest BCUT2D eigenvalue weighted by molar-refractivity contribution is 5.97. The van der Waals surface area contributed by atoms with Crippen LogP contribution in [-0.2, 0) is 16.0 Å². The molecule has 0 aromatic heterocycles. The topological polar surface area (TPSA) is 75.4 Å². The van der Waals surface area contributed by atoms with Crippen LogP contribution in [0.2, 0.25) is 0 Å². The van der Waals surface area contributed by atoms with Gasteiger partial charge < -0.3 is 16.0 Å². The molecule has 1 aliphatic rings. The van der Waals surface area contributed by atoms with E-state index in [1.807, 2.05) is 32.0 Å². The van der Waals surface area contributed by atoms with Gasteiger partial charge in [-0.05, 0) is 36.1 Å². The molecule has 5 nitrogen and oxygen atoms in total. The van der Waals surface area contributed by atoms with Gasteiger partial charge in [0.1, 0.15) is 0 Å². The number of nitrogens with zero attached hydrogens (tertiary/aromatic N) is 1. The smallest absolute Gasteiger partial charge is 0.241 e. The summed E-state index contributed by atoms with van der Waals surface area (Å²) < 4.78 is 0. The maximum Gasteiger partial charge on any atom is 0.241 e. The number of nitrogens with one attached hydrogen (secondary N) is 1. The third kappa shape index (κ3) is 3.24. The van der Waals surface area contributed by atoms with E-state index < -0.39 is 6.04 Å². The summed E-state index contributed by atoms with van der Waals surface area (Å²) in [6.07, 6.45) is 1.68. The van der Waals surface area contributed by atoms with Gasteiger partial charge in [-0.3, -0.25) is 9.59 Å². The number of carbonyl (C=O) groups is 2.